The van der Waals surface area contributed by atoms with Gasteiger partial charge in [-0.1, -0.05) is 12.1 Å². The Labute approximate surface area is 173 Å². The van der Waals surface area contributed by atoms with Gasteiger partial charge in [-0.15, -0.1) is 0 Å². The van der Waals surface area contributed by atoms with Crippen LogP contribution in [0, 0.1) is 0 Å². The van der Waals surface area contributed by atoms with E-state index in [0.717, 1.165) is 30.4 Å². The smallest absolute Gasteiger partial charge is 0.410 e. The summed E-state index contributed by atoms with van der Waals surface area (Å²) in [6.07, 6.45) is 5.46. The van der Waals surface area contributed by atoms with E-state index in [4.69, 9.17) is 9.47 Å². The number of allylic oxidation sites excluding steroid dienone is 1. The Morgan fingerprint density at radius 2 is 2.03 bits per heavy atom. The van der Waals surface area contributed by atoms with Crippen LogP contribution in [-0.4, -0.2) is 60.6 Å². The second-order valence-corrected chi connectivity index (χ2v) is 8.98. The first-order chi connectivity index (χ1) is 13.7. The summed E-state index contributed by atoms with van der Waals surface area (Å²) in [5, 5.41) is 0. The zero-order valence-electron chi connectivity index (χ0n) is 18.1. The van der Waals surface area contributed by atoms with Crippen molar-refractivity contribution in [2.45, 2.75) is 57.8 Å². The van der Waals surface area contributed by atoms with Gasteiger partial charge in [0.15, 0.2) is 5.78 Å². The number of hydrogen-bond donors (Lipinski definition) is 0. The highest BCUT2D eigenvalue weighted by Crippen LogP contribution is 2.37. The number of carbonyl (C=O) groups is 2. The SMILES string of the molecule is CN(C)/C=C/C(=O)c1ccc2c(c1)CCO[C@@H]2[C@@H]1CCCN1C(=O)OC(C)(C)C. The van der Waals surface area contributed by atoms with Crippen LogP contribution in [0.5, 0.6) is 0 Å². The van der Waals surface area contributed by atoms with Crippen molar-refractivity contribution >= 4 is 11.9 Å². The number of ether oxygens (including phenoxy) is 2. The summed E-state index contributed by atoms with van der Waals surface area (Å²) >= 11 is 0. The molecule has 6 nitrogen and oxygen atoms in total. The highest BCUT2D eigenvalue weighted by atomic mass is 16.6. The molecule has 0 unspecified atom stereocenters. The van der Waals surface area contributed by atoms with Crippen LogP contribution >= 0.6 is 0 Å². The summed E-state index contributed by atoms with van der Waals surface area (Å²) in [7, 11) is 3.77. The molecule has 1 amide bonds. The zero-order chi connectivity index (χ0) is 21.2. The van der Waals surface area contributed by atoms with Crippen molar-refractivity contribution < 1.29 is 19.1 Å². The van der Waals surface area contributed by atoms with Gasteiger partial charge in [0, 0.05) is 38.5 Å². The lowest BCUT2D eigenvalue weighted by molar-refractivity contribution is -0.0265. The second kappa shape index (κ2) is 8.57. The standard InChI is InChI=1S/C23H32N2O4/c1-23(2,3)29-22(27)25-12-6-7-19(25)21-18-9-8-17(15-16(18)11-14-28-21)20(26)10-13-24(4)5/h8-10,13,15,19,21H,6-7,11-12,14H2,1-5H3/b13-10+/t19-,21-/m0/s1. The van der Waals surface area contributed by atoms with Crippen LogP contribution in [0.25, 0.3) is 0 Å². The highest BCUT2D eigenvalue weighted by molar-refractivity contribution is 6.04. The number of hydrogen-bond acceptors (Lipinski definition) is 5. The van der Waals surface area contributed by atoms with E-state index in [1.54, 1.807) is 12.3 Å². The molecule has 158 valence electrons. The molecule has 0 spiro atoms. The molecular weight excluding hydrogens is 368 g/mol. The Kier molecular flexibility index (Phi) is 6.32. The Balaban J connectivity index is 1.81. The molecule has 1 fully saturated rings. The van der Waals surface area contributed by atoms with Gasteiger partial charge in [-0.3, -0.25) is 4.79 Å². The van der Waals surface area contributed by atoms with Gasteiger partial charge in [0.1, 0.15) is 11.7 Å². The predicted molar refractivity (Wildman–Crippen MR) is 112 cm³/mol. The Hall–Kier alpha value is -2.34. The minimum atomic E-state index is -0.523. The van der Waals surface area contributed by atoms with Gasteiger partial charge in [0.2, 0.25) is 0 Å². The summed E-state index contributed by atoms with van der Waals surface area (Å²) in [4.78, 5) is 28.8. The Bertz CT molecular complexity index is 795. The molecule has 3 rings (SSSR count). The number of fused-ring (bicyclic) bond motifs is 1. The minimum absolute atomic E-state index is 0.0132. The van der Waals surface area contributed by atoms with Crippen molar-refractivity contribution in [2.75, 3.05) is 27.2 Å². The molecule has 6 heteroatoms. The maximum Gasteiger partial charge on any atom is 0.410 e. The van der Waals surface area contributed by atoms with Crippen LogP contribution < -0.4 is 0 Å². The van der Waals surface area contributed by atoms with E-state index in [1.807, 2.05) is 62.9 Å². The van der Waals surface area contributed by atoms with E-state index in [0.29, 0.717) is 18.7 Å². The van der Waals surface area contributed by atoms with Gasteiger partial charge in [0.05, 0.1) is 12.6 Å². The molecule has 29 heavy (non-hydrogen) atoms. The number of ketones is 1. The summed E-state index contributed by atoms with van der Waals surface area (Å²) in [5.41, 5.74) is 2.36. The molecule has 1 saturated heterocycles. The number of carbonyl (C=O) groups excluding carboxylic acids is 2. The van der Waals surface area contributed by atoms with Crippen LogP contribution in [0.4, 0.5) is 4.79 Å². The lowest BCUT2D eigenvalue weighted by Gasteiger charge is -2.36. The molecule has 2 aliphatic rings. The molecule has 1 aromatic rings. The first-order valence-electron chi connectivity index (χ1n) is 10.3. The van der Waals surface area contributed by atoms with E-state index in [-0.39, 0.29) is 24.0 Å². The predicted octanol–water partition coefficient (Wildman–Crippen LogP) is 3.96. The molecule has 0 aromatic heterocycles. The van der Waals surface area contributed by atoms with Crippen molar-refractivity contribution in [1.29, 1.82) is 0 Å². The third-order valence-electron chi connectivity index (χ3n) is 5.20. The molecule has 2 heterocycles. The molecule has 0 aliphatic carbocycles. The van der Waals surface area contributed by atoms with Crippen molar-refractivity contribution in [3.63, 3.8) is 0 Å². The topological polar surface area (TPSA) is 59.1 Å². The highest BCUT2D eigenvalue weighted by Gasteiger charge is 2.40. The van der Waals surface area contributed by atoms with Crippen LogP contribution in [0.2, 0.25) is 0 Å². The number of nitrogens with zero attached hydrogens (tertiary/aromatic N) is 2. The molecule has 0 saturated carbocycles. The van der Waals surface area contributed by atoms with Gasteiger partial charge in [0.25, 0.3) is 0 Å². The van der Waals surface area contributed by atoms with E-state index >= 15 is 0 Å². The Morgan fingerprint density at radius 1 is 1.28 bits per heavy atom. The molecule has 1 aromatic carbocycles. The maximum atomic E-state index is 12.7. The largest absolute Gasteiger partial charge is 0.444 e. The van der Waals surface area contributed by atoms with E-state index in [9.17, 15) is 9.59 Å². The molecule has 2 aliphatic heterocycles. The van der Waals surface area contributed by atoms with Gasteiger partial charge in [-0.05, 0) is 57.2 Å². The van der Waals surface area contributed by atoms with Crippen LogP contribution in [-0.2, 0) is 15.9 Å². The minimum Gasteiger partial charge on any atom is -0.444 e. The molecule has 2 atom stereocenters. The number of benzene rings is 1. The van der Waals surface area contributed by atoms with Crippen molar-refractivity contribution in [3.05, 3.63) is 47.2 Å². The summed E-state index contributed by atoms with van der Waals surface area (Å²) in [6, 6.07) is 5.77. The molecule has 0 radical (unpaired) electrons. The van der Waals surface area contributed by atoms with Crippen LogP contribution in [0.1, 0.15) is 61.2 Å². The van der Waals surface area contributed by atoms with Gasteiger partial charge < -0.3 is 19.3 Å². The monoisotopic (exact) mass is 400 g/mol. The van der Waals surface area contributed by atoms with Gasteiger partial charge in [-0.2, -0.15) is 0 Å². The third kappa shape index (κ3) is 5.18. The first-order valence-corrected chi connectivity index (χ1v) is 10.3. The molecule has 0 N–H and O–H groups in total. The first kappa shape index (κ1) is 21.4. The number of likely N-dealkylation sites (tertiary alicyclic amines) is 1. The van der Waals surface area contributed by atoms with Crippen LogP contribution in [0.3, 0.4) is 0 Å². The van der Waals surface area contributed by atoms with Crippen molar-refractivity contribution in [2.24, 2.45) is 0 Å². The fourth-order valence-electron chi connectivity index (χ4n) is 3.92. The number of amides is 1. The fraction of sp³-hybridized carbons (Fsp3) is 0.565. The van der Waals surface area contributed by atoms with Crippen molar-refractivity contribution in [3.8, 4) is 0 Å². The number of rotatable bonds is 4. The third-order valence-corrected chi connectivity index (χ3v) is 5.20. The van der Waals surface area contributed by atoms with Gasteiger partial charge in [-0.25, -0.2) is 4.79 Å². The fourth-order valence-corrected chi connectivity index (χ4v) is 3.92. The van der Waals surface area contributed by atoms with E-state index in [2.05, 4.69) is 0 Å². The van der Waals surface area contributed by atoms with Crippen LogP contribution in [0.15, 0.2) is 30.5 Å². The lowest BCUT2D eigenvalue weighted by Crippen LogP contribution is -2.44. The van der Waals surface area contributed by atoms with E-state index < -0.39 is 5.60 Å². The second-order valence-electron chi connectivity index (χ2n) is 8.98. The summed E-state index contributed by atoms with van der Waals surface area (Å²) < 4.78 is 11.7. The maximum absolute atomic E-state index is 12.7. The lowest BCUT2D eigenvalue weighted by atomic mass is 9.90. The van der Waals surface area contributed by atoms with E-state index in [1.165, 1.54) is 0 Å². The summed E-state index contributed by atoms with van der Waals surface area (Å²) in [6.45, 7) is 6.91. The average Bonchev–Trinajstić information content (AvgIpc) is 3.13. The molecule has 0 bridgehead atoms. The van der Waals surface area contributed by atoms with Gasteiger partial charge >= 0.3 is 6.09 Å². The van der Waals surface area contributed by atoms with Crippen molar-refractivity contribution in [1.82, 2.24) is 9.80 Å². The Morgan fingerprint density at radius 3 is 2.72 bits per heavy atom. The summed E-state index contributed by atoms with van der Waals surface area (Å²) in [5.74, 6) is -0.0132. The average molecular weight is 401 g/mol. The quantitative estimate of drug-likeness (QED) is 0.566. The molecular formula is C23H32N2O4. The normalized spacial score (nSPS) is 21.9. The zero-order valence-corrected chi connectivity index (χ0v) is 18.1.